The van der Waals surface area contributed by atoms with Crippen LogP contribution < -0.4 is 5.73 Å². The third-order valence-electron chi connectivity index (χ3n) is 5.46. The van der Waals surface area contributed by atoms with Gasteiger partial charge in [-0.1, -0.05) is 0 Å². The molecule has 4 aliphatic carbocycles. The van der Waals surface area contributed by atoms with E-state index >= 15 is 0 Å². The van der Waals surface area contributed by atoms with Crippen LogP contribution in [-0.4, -0.2) is 37.4 Å². The molecule has 0 aromatic rings. The van der Waals surface area contributed by atoms with Crippen LogP contribution in [0.4, 0.5) is 0 Å². The average Bonchev–Trinajstić information content (AvgIpc) is 2.25. The third-order valence-corrected chi connectivity index (χ3v) is 5.46. The molecule has 4 bridgehead atoms. The zero-order valence-corrected chi connectivity index (χ0v) is 11.7. The van der Waals surface area contributed by atoms with Crippen LogP contribution in [0, 0.1) is 23.2 Å². The summed E-state index contributed by atoms with van der Waals surface area (Å²) in [5, 5.41) is 0. The number of rotatable bonds is 4. The Kier molecular flexibility index (Phi) is 3.02. The van der Waals surface area contributed by atoms with E-state index in [0.29, 0.717) is 12.3 Å². The molecule has 0 heterocycles. The standard InChI is InChI=1S/C15H26N2O/c1-17(2)9-13(16)14(18)15-6-10-3-11(7-15)5-12(4-10)8-15/h10-13H,3-9,16H2,1-2H3. The van der Waals surface area contributed by atoms with E-state index in [1.54, 1.807) is 0 Å². The molecule has 3 heteroatoms. The second-order valence-corrected chi connectivity index (χ2v) is 7.43. The number of likely N-dealkylation sites (N-methyl/N-ethyl adjacent to an activating group) is 1. The van der Waals surface area contributed by atoms with Crippen LogP contribution in [0.2, 0.25) is 0 Å². The van der Waals surface area contributed by atoms with Gasteiger partial charge in [-0.15, -0.1) is 0 Å². The van der Waals surface area contributed by atoms with Gasteiger partial charge in [-0.05, 0) is 70.4 Å². The van der Waals surface area contributed by atoms with E-state index in [2.05, 4.69) is 0 Å². The average molecular weight is 250 g/mol. The van der Waals surface area contributed by atoms with Gasteiger partial charge < -0.3 is 10.6 Å². The first-order valence-corrected chi connectivity index (χ1v) is 7.43. The van der Waals surface area contributed by atoms with Crippen LogP contribution in [-0.2, 0) is 4.79 Å². The van der Waals surface area contributed by atoms with Gasteiger partial charge in [0.25, 0.3) is 0 Å². The topological polar surface area (TPSA) is 46.3 Å². The van der Waals surface area contributed by atoms with E-state index < -0.39 is 0 Å². The summed E-state index contributed by atoms with van der Waals surface area (Å²) in [4.78, 5) is 14.8. The lowest BCUT2D eigenvalue weighted by Gasteiger charge is -2.56. The molecule has 1 atom stereocenters. The third kappa shape index (κ3) is 2.01. The van der Waals surface area contributed by atoms with Gasteiger partial charge in [0.2, 0.25) is 0 Å². The van der Waals surface area contributed by atoms with E-state index in [1.807, 2.05) is 19.0 Å². The highest BCUT2D eigenvalue weighted by atomic mass is 16.1. The lowest BCUT2D eigenvalue weighted by Crippen LogP contribution is -2.56. The van der Waals surface area contributed by atoms with Gasteiger partial charge in [0.05, 0.1) is 6.04 Å². The van der Waals surface area contributed by atoms with Crippen molar-refractivity contribution >= 4 is 5.78 Å². The number of hydrogen-bond donors (Lipinski definition) is 1. The summed E-state index contributed by atoms with van der Waals surface area (Å²) in [7, 11) is 3.99. The first kappa shape index (κ1) is 12.6. The Morgan fingerprint density at radius 2 is 1.61 bits per heavy atom. The Hall–Kier alpha value is -0.410. The van der Waals surface area contributed by atoms with Gasteiger partial charge >= 0.3 is 0 Å². The summed E-state index contributed by atoms with van der Waals surface area (Å²) in [6.07, 6.45) is 7.57. The summed E-state index contributed by atoms with van der Waals surface area (Å²) in [6.45, 7) is 0.695. The van der Waals surface area contributed by atoms with Gasteiger partial charge in [0.1, 0.15) is 0 Å². The minimum Gasteiger partial charge on any atom is -0.320 e. The van der Waals surface area contributed by atoms with Crippen LogP contribution >= 0.6 is 0 Å². The van der Waals surface area contributed by atoms with E-state index in [4.69, 9.17) is 5.73 Å². The minimum absolute atomic E-state index is 0.0236. The van der Waals surface area contributed by atoms with Gasteiger partial charge in [0.15, 0.2) is 5.78 Å². The molecule has 0 aromatic heterocycles. The number of Topliss-reactive ketones (excluding diaryl/α,β-unsaturated/α-hetero) is 1. The molecule has 0 radical (unpaired) electrons. The number of carbonyl (C=O) groups is 1. The predicted molar refractivity (Wildman–Crippen MR) is 72.1 cm³/mol. The quantitative estimate of drug-likeness (QED) is 0.825. The first-order chi connectivity index (χ1) is 8.48. The van der Waals surface area contributed by atoms with E-state index in [-0.39, 0.29) is 11.5 Å². The highest BCUT2D eigenvalue weighted by molar-refractivity contribution is 5.90. The number of hydrogen-bond acceptors (Lipinski definition) is 3. The summed E-state index contributed by atoms with van der Waals surface area (Å²) >= 11 is 0. The number of nitrogens with zero attached hydrogens (tertiary/aromatic N) is 1. The zero-order chi connectivity index (χ0) is 12.9. The predicted octanol–water partition coefficient (Wildman–Crippen LogP) is 1.66. The smallest absolute Gasteiger partial charge is 0.156 e. The van der Waals surface area contributed by atoms with Crippen LogP contribution in [0.3, 0.4) is 0 Å². The van der Waals surface area contributed by atoms with Gasteiger partial charge in [-0.2, -0.15) is 0 Å². The maximum atomic E-state index is 12.8. The van der Waals surface area contributed by atoms with Crippen molar-refractivity contribution in [1.29, 1.82) is 0 Å². The lowest BCUT2D eigenvalue weighted by molar-refractivity contribution is -0.145. The molecule has 4 saturated carbocycles. The molecule has 4 aliphatic rings. The molecular formula is C15H26N2O. The Morgan fingerprint density at radius 3 is 2.00 bits per heavy atom. The molecule has 18 heavy (non-hydrogen) atoms. The van der Waals surface area contributed by atoms with Crippen molar-refractivity contribution in [3.05, 3.63) is 0 Å². The molecule has 4 rings (SSSR count). The summed E-state index contributed by atoms with van der Waals surface area (Å²) in [5.74, 6) is 2.85. The Bertz CT molecular complexity index is 315. The monoisotopic (exact) mass is 250 g/mol. The van der Waals surface area contributed by atoms with Crippen molar-refractivity contribution < 1.29 is 4.79 Å². The van der Waals surface area contributed by atoms with Crippen LogP contribution in [0.25, 0.3) is 0 Å². The van der Waals surface area contributed by atoms with Crippen LogP contribution in [0.1, 0.15) is 38.5 Å². The molecule has 0 saturated heterocycles. The highest BCUT2D eigenvalue weighted by Crippen LogP contribution is 2.60. The van der Waals surface area contributed by atoms with Crippen molar-refractivity contribution in [2.75, 3.05) is 20.6 Å². The normalized spacial score (nSPS) is 43.4. The van der Waals surface area contributed by atoms with Gasteiger partial charge in [-0.3, -0.25) is 4.79 Å². The maximum Gasteiger partial charge on any atom is 0.156 e. The second kappa shape index (κ2) is 4.31. The largest absolute Gasteiger partial charge is 0.320 e. The maximum absolute atomic E-state index is 12.8. The second-order valence-electron chi connectivity index (χ2n) is 7.43. The SMILES string of the molecule is CN(C)CC(N)C(=O)C12CC3CC(CC(C3)C1)C2. The molecular weight excluding hydrogens is 224 g/mol. The molecule has 2 N–H and O–H groups in total. The molecule has 0 aliphatic heterocycles. The fraction of sp³-hybridized carbons (Fsp3) is 0.933. The lowest BCUT2D eigenvalue weighted by atomic mass is 9.48. The molecule has 1 unspecified atom stereocenters. The molecule has 0 aromatic carbocycles. The first-order valence-electron chi connectivity index (χ1n) is 7.43. The van der Waals surface area contributed by atoms with Crippen molar-refractivity contribution in [3.63, 3.8) is 0 Å². The molecule has 3 nitrogen and oxygen atoms in total. The molecule has 4 fully saturated rings. The van der Waals surface area contributed by atoms with E-state index in [9.17, 15) is 4.79 Å². The summed E-state index contributed by atoms with van der Waals surface area (Å²) in [5.41, 5.74) is 6.12. The van der Waals surface area contributed by atoms with Gasteiger partial charge in [0, 0.05) is 12.0 Å². The number of carbonyl (C=O) groups excluding carboxylic acids is 1. The van der Waals surface area contributed by atoms with Gasteiger partial charge in [-0.25, -0.2) is 0 Å². The fourth-order valence-corrected chi connectivity index (χ4v) is 5.28. The Balaban J connectivity index is 1.76. The van der Waals surface area contributed by atoms with Crippen LogP contribution in [0.15, 0.2) is 0 Å². The van der Waals surface area contributed by atoms with Crippen molar-refractivity contribution in [3.8, 4) is 0 Å². The van der Waals surface area contributed by atoms with Crippen molar-refractivity contribution in [2.24, 2.45) is 28.9 Å². The summed E-state index contributed by atoms with van der Waals surface area (Å²) in [6, 6.07) is -0.281. The van der Waals surface area contributed by atoms with Crippen LogP contribution in [0.5, 0.6) is 0 Å². The zero-order valence-electron chi connectivity index (χ0n) is 11.7. The Morgan fingerprint density at radius 1 is 1.17 bits per heavy atom. The number of ketones is 1. The van der Waals surface area contributed by atoms with E-state index in [0.717, 1.165) is 37.0 Å². The number of nitrogens with two attached hydrogens (primary N) is 1. The molecule has 0 amide bonds. The summed E-state index contributed by atoms with van der Waals surface area (Å²) < 4.78 is 0. The minimum atomic E-state index is -0.281. The van der Waals surface area contributed by atoms with E-state index in [1.165, 1.54) is 19.3 Å². The van der Waals surface area contributed by atoms with Crippen molar-refractivity contribution in [1.82, 2.24) is 4.90 Å². The fourth-order valence-electron chi connectivity index (χ4n) is 5.28. The van der Waals surface area contributed by atoms with Crippen molar-refractivity contribution in [2.45, 2.75) is 44.6 Å². The molecule has 102 valence electrons. The molecule has 0 spiro atoms. The Labute approximate surface area is 110 Å². The highest BCUT2D eigenvalue weighted by Gasteiger charge is 2.55.